The van der Waals surface area contributed by atoms with E-state index in [1.54, 1.807) is 0 Å². The van der Waals surface area contributed by atoms with E-state index in [9.17, 15) is 0 Å². The van der Waals surface area contributed by atoms with Crippen molar-refractivity contribution >= 4 is 0 Å². The molecule has 0 bridgehead atoms. The highest BCUT2D eigenvalue weighted by Gasteiger charge is 2.41. The lowest BCUT2D eigenvalue weighted by atomic mass is 10.0. The van der Waals surface area contributed by atoms with Crippen molar-refractivity contribution in [3.63, 3.8) is 0 Å². The summed E-state index contributed by atoms with van der Waals surface area (Å²) in [6, 6.07) is 0. The van der Waals surface area contributed by atoms with E-state index in [-0.39, 0.29) is 5.60 Å². The van der Waals surface area contributed by atoms with Crippen molar-refractivity contribution in [3.05, 3.63) is 28.7 Å². The second kappa shape index (κ2) is 5.60. The highest BCUT2D eigenvalue weighted by Crippen LogP contribution is 2.41. The lowest BCUT2D eigenvalue weighted by Crippen LogP contribution is -2.26. The topological polar surface area (TPSA) is 74.2 Å². The highest BCUT2D eigenvalue weighted by atomic mass is 16.5. The van der Waals surface area contributed by atoms with Crippen LogP contribution in [-0.2, 0) is 16.8 Å². The third kappa shape index (κ3) is 2.60. The summed E-state index contributed by atoms with van der Waals surface area (Å²) in [6.45, 7) is 6.48. The molecule has 6 nitrogen and oxygen atoms in total. The quantitative estimate of drug-likeness (QED) is 0.842. The zero-order valence-electron chi connectivity index (χ0n) is 12.8. The Balaban J connectivity index is 1.83. The van der Waals surface area contributed by atoms with E-state index in [1.165, 1.54) is 0 Å². The molecule has 2 heterocycles. The van der Waals surface area contributed by atoms with Crippen LogP contribution >= 0.6 is 0 Å². The Labute approximate surface area is 123 Å². The van der Waals surface area contributed by atoms with Crippen molar-refractivity contribution in [1.29, 1.82) is 0 Å². The fraction of sp³-hybridized carbons (Fsp3) is 0.667. The van der Waals surface area contributed by atoms with E-state index in [2.05, 4.69) is 15.3 Å². The van der Waals surface area contributed by atoms with Crippen LogP contribution in [0.5, 0.6) is 0 Å². The number of rotatable bonds is 5. The number of aromatic nitrogens is 3. The maximum absolute atomic E-state index is 5.95. The van der Waals surface area contributed by atoms with Crippen molar-refractivity contribution in [2.75, 3.05) is 6.61 Å². The first-order valence-electron chi connectivity index (χ1n) is 7.53. The third-order valence-corrected chi connectivity index (χ3v) is 4.21. The molecule has 0 spiro atoms. The lowest BCUT2D eigenvalue weighted by molar-refractivity contribution is -0.0610. The molecule has 1 fully saturated rings. The number of nitrogens with zero attached hydrogens (tertiary/aromatic N) is 3. The van der Waals surface area contributed by atoms with Crippen molar-refractivity contribution in [1.82, 2.24) is 15.3 Å². The maximum Gasteiger partial charge on any atom is 0.258 e. The van der Waals surface area contributed by atoms with Crippen LogP contribution in [0, 0.1) is 13.8 Å². The van der Waals surface area contributed by atoms with Gasteiger partial charge >= 0.3 is 0 Å². The summed E-state index contributed by atoms with van der Waals surface area (Å²) in [5.41, 5.74) is 1.53. The third-order valence-electron chi connectivity index (χ3n) is 4.21. The number of ether oxygens (including phenoxy) is 1. The molecule has 0 unspecified atom stereocenters. The zero-order chi connectivity index (χ0) is 14.9. The molecule has 2 aromatic heterocycles. The van der Waals surface area contributed by atoms with E-state index in [1.807, 2.05) is 20.8 Å². The van der Waals surface area contributed by atoms with Gasteiger partial charge in [0.25, 0.3) is 5.89 Å². The Morgan fingerprint density at radius 2 is 1.90 bits per heavy atom. The molecule has 3 rings (SSSR count). The zero-order valence-corrected chi connectivity index (χ0v) is 12.8. The van der Waals surface area contributed by atoms with Crippen molar-refractivity contribution < 1.29 is 13.8 Å². The van der Waals surface area contributed by atoms with Crippen LogP contribution in [0.2, 0.25) is 0 Å². The molecule has 0 saturated heterocycles. The summed E-state index contributed by atoms with van der Waals surface area (Å²) in [5.74, 6) is 2.08. The normalized spacial score (nSPS) is 17.5. The number of hydrogen-bond acceptors (Lipinski definition) is 6. The second-order valence-electron chi connectivity index (χ2n) is 5.63. The molecule has 0 atom stereocenters. The van der Waals surface area contributed by atoms with E-state index in [0.717, 1.165) is 42.7 Å². The number of hydrogen-bond donors (Lipinski definition) is 0. The fourth-order valence-corrected chi connectivity index (χ4v) is 3.07. The van der Waals surface area contributed by atoms with Crippen LogP contribution in [0.25, 0.3) is 0 Å². The predicted octanol–water partition coefficient (Wildman–Crippen LogP) is 3.07. The van der Waals surface area contributed by atoms with Gasteiger partial charge in [0, 0.05) is 18.6 Å². The highest BCUT2D eigenvalue weighted by molar-refractivity contribution is 5.24. The first-order chi connectivity index (χ1) is 10.1. The van der Waals surface area contributed by atoms with E-state index >= 15 is 0 Å². The molecular weight excluding hydrogens is 270 g/mol. The lowest BCUT2D eigenvalue weighted by Gasteiger charge is -2.24. The SMILES string of the molecule is CCOC1(c2nc(Cc3c(C)noc3C)no2)CCCC1. The Morgan fingerprint density at radius 3 is 2.52 bits per heavy atom. The van der Waals surface area contributed by atoms with Crippen LogP contribution in [0.1, 0.15) is 61.3 Å². The summed E-state index contributed by atoms with van der Waals surface area (Å²) < 4.78 is 16.6. The molecule has 0 radical (unpaired) electrons. The van der Waals surface area contributed by atoms with Gasteiger partial charge in [-0.25, -0.2) is 0 Å². The molecule has 114 valence electrons. The average Bonchev–Trinajstić information content (AvgIpc) is 3.17. The molecule has 0 amide bonds. The largest absolute Gasteiger partial charge is 0.365 e. The van der Waals surface area contributed by atoms with Gasteiger partial charge in [-0.2, -0.15) is 4.98 Å². The molecule has 6 heteroatoms. The first kappa shape index (κ1) is 14.3. The maximum atomic E-state index is 5.95. The Bertz CT molecular complexity index is 592. The molecule has 1 aliphatic rings. The van der Waals surface area contributed by atoms with Gasteiger partial charge in [0.1, 0.15) is 11.4 Å². The summed E-state index contributed by atoms with van der Waals surface area (Å²) >= 11 is 0. The summed E-state index contributed by atoms with van der Waals surface area (Å²) in [6.07, 6.45) is 4.76. The minimum atomic E-state index is -0.376. The molecule has 0 aromatic carbocycles. The Kier molecular flexibility index (Phi) is 3.80. The first-order valence-corrected chi connectivity index (χ1v) is 7.53. The van der Waals surface area contributed by atoms with Crippen LogP contribution in [-0.4, -0.2) is 21.9 Å². The van der Waals surface area contributed by atoms with Crippen LogP contribution in [0.4, 0.5) is 0 Å². The van der Waals surface area contributed by atoms with E-state index < -0.39 is 0 Å². The van der Waals surface area contributed by atoms with Crippen LogP contribution in [0.15, 0.2) is 9.05 Å². The van der Waals surface area contributed by atoms with Gasteiger partial charge in [-0.3, -0.25) is 0 Å². The molecular formula is C15H21N3O3. The monoisotopic (exact) mass is 291 g/mol. The van der Waals surface area contributed by atoms with Gasteiger partial charge < -0.3 is 13.8 Å². The molecule has 1 aliphatic carbocycles. The number of aryl methyl sites for hydroxylation is 2. The van der Waals surface area contributed by atoms with Crippen molar-refractivity contribution in [3.8, 4) is 0 Å². The minimum Gasteiger partial charge on any atom is -0.365 e. The van der Waals surface area contributed by atoms with Crippen LogP contribution in [0.3, 0.4) is 0 Å². The summed E-state index contributed by atoms with van der Waals surface area (Å²) in [5, 5.41) is 8.06. The fourth-order valence-electron chi connectivity index (χ4n) is 3.07. The molecule has 1 saturated carbocycles. The smallest absolute Gasteiger partial charge is 0.258 e. The van der Waals surface area contributed by atoms with E-state index in [0.29, 0.717) is 24.7 Å². The summed E-state index contributed by atoms with van der Waals surface area (Å²) in [4.78, 5) is 4.57. The Morgan fingerprint density at radius 1 is 1.14 bits per heavy atom. The van der Waals surface area contributed by atoms with Crippen molar-refractivity contribution in [2.24, 2.45) is 0 Å². The minimum absolute atomic E-state index is 0.376. The molecule has 2 aromatic rings. The summed E-state index contributed by atoms with van der Waals surface area (Å²) in [7, 11) is 0. The van der Waals surface area contributed by atoms with E-state index in [4.69, 9.17) is 13.8 Å². The molecule has 0 aliphatic heterocycles. The van der Waals surface area contributed by atoms with Gasteiger partial charge in [-0.1, -0.05) is 10.3 Å². The van der Waals surface area contributed by atoms with Gasteiger partial charge in [-0.15, -0.1) is 0 Å². The Hall–Kier alpha value is -1.69. The van der Waals surface area contributed by atoms with Gasteiger partial charge in [0.05, 0.1) is 5.69 Å². The van der Waals surface area contributed by atoms with Gasteiger partial charge in [0.15, 0.2) is 5.82 Å². The predicted molar refractivity (Wildman–Crippen MR) is 74.9 cm³/mol. The van der Waals surface area contributed by atoms with Gasteiger partial charge in [0.2, 0.25) is 0 Å². The second-order valence-corrected chi connectivity index (χ2v) is 5.63. The van der Waals surface area contributed by atoms with Gasteiger partial charge in [-0.05, 0) is 46.5 Å². The molecule has 21 heavy (non-hydrogen) atoms. The van der Waals surface area contributed by atoms with Crippen molar-refractivity contribution in [2.45, 2.75) is 58.5 Å². The average molecular weight is 291 g/mol. The van der Waals surface area contributed by atoms with Crippen LogP contribution < -0.4 is 0 Å². The molecule has 0 N–H and O–H groups in total. The standard InChI is InChI=1S/C15H21N3O3/c1-4-19-15(7-5-6-8-15)14-16-13(18-21-14)9-12-10(2)17-20-11(12)3/h4-9H2,1-3H3.